The van der Waals surface area contributed by atoms with Crippen LogP contribution in [0.5, 0.6) is 0 Å². The normalized spacial score (nSPS) is 36.2. The van der Waals surface area contributed by atoms with Crippen LogP contribution in [0.3, 0.4) is 0 Å². The smallest absolute Gasteiger partial charge is 0.316 e. The van der Waals surface area contributed by atoms with E-state index < -0.39 is 14.2 Å². The molecule has 0 radical (unpaired) electrons. The van der Waals surface area contributed by atoms with Crippen LogP contribution in [0.25, 0.3) is 0 Å². The highest BCUT2D eigenvalue weighted by Gasteiger charge is 2.49. The number of hydrogen-bond donors (Lipinski definition) is 0. The molecule has 0 spiro atoms. The topological polar surface area (TPSA) is 52.6 Å². The molecular weight excluding hydrogens is 423 g/mol. The SMILES string of the molecule is CC1(I)C[C@@H]2C(=O)C[C@@H](O[Si](C)(C)C(C)(C)C)CC[C@H]1OC2=O. The van der Waals surface area contributed by atoms with Gasteiger partial charge in [-0.05, 0) is 44.3 Å². The van der Waals surface area contributed by atoms with E-state index in [9.17, 15) is 9.59 Å². The lowest BCUT2D eigenvalue weighted by Gasteiger charge is -2.39. The molecule has 0 amide bonds. The van der Waals surface area contributed by atoms with Crippen LogP contribution in [-0.4, -0.2) is 35.7 Å². The van der Waals surface area contributed by atoms with E-state index in [0.29, 0.717) is 12.8 Å². The predicted molar refractivity (Wildman–Crippen MR) is 101 cm³/mol. The molecule has 2 aliphatic heterocycles. The molecule has 2 saturated heterocycles. The first-order valence-electron chi connectivity index (χ1n) is 8.43. The Labute approximate surface area is 154 Å². The van der Waals surface area contributed by atoms with E-state index in [4.69, 9.17) is 9.16 Å². The molecule has 23 heavy (non-hydrogen) atoms. The Morgan fingerprint density at radius 1 is 1.26 bits per heavy atom. The molecule has 6 heteroatoms. The number of carbonyl (C=O) groups is 2. The number of fused-ring (bicyclic) bond motifs is 6. The van der Waals surface area contributed by atoms with Crippen LogP contribution < -0.4 is 0 Å². The number of alkyl halides is 1. The zero-order valence-electron chi connectivity index (χ0n) is 15.1. The van der Waals surface area contributed by atoms with Gasteiger partial charge in [0.15, 0.2) is 8.32 Å². The second kappa shape index (κ2) is 6.41. The molecule has 3 aliphatic rings. The zero-order chi connectivity index (χ0) is 17.6. The Balaban J connectivity index is 2.21. The van der Waals surface area contributed by atoms with Gasteiger partial charge in [-0.1, -0.05) is 43.4 Å². The number of rotatable bonds is 2. The van der Waals surface area contributed by atoms with Crippen molar-refractivity contribution in [1.82, 2.24) is 0 Å². The van der Waals surface area contributed by atoms with Crippen LogP contribution in [0.15, 0.2) is 0 Å². The minimum absolute atomic E-state index is 0.0121. The van der Waals surface area contributed by atoms with Crippen molar-refractivity contribution in [2.45, 2.75) is 87.1 Å². The van der Waals surface area contributed by atoms with Crippen molar-refractivity contribution in [3.05, 3.63) is 0 Å². The average Bonchev–Trinajstić information content (AvgIpc) is 2.43. The molecule has 1 aliphatic carbocycles. The van der Waals surface area contributed by atoms with Crippen LogP contribution in [0.1, 0.15) is 53.4 Å². The van der Waals surface area contributed by atoms with Crippen molar-refractivity contribution in [3.63, 3.8) is 0 Å². The number of ether oxygens (including phenoxy) is 1. The average molecular weight is 452 g/mol. The quantitative estimate of drug-likeness (QED) is 0.207. The summed E-state index contributed by atoms with van der Waals surface area (Å²) < 4.78 is 11.9. The van der Waals surface area contributed by atoms with E-state index in [0.717, 1.165) is 12.8 Å². The zero-order valence-corrected chi connectivity index (χ0v) is 18.2. The van der Waals surface area contributed by atoms with Crippen molar-refractivity contribution >= 4 is 42.7 Å². The van der Waals surface area contributed by atoms with Gasteiger partial charge in [0.2, 0.25) is 0 Å². The molecule has 1 saturated carbocycles. The standard InChI is InChI=1S/C17H29IO4Si/c1-16(2,3)23(5,6)22-11-7-8-14-17(4,18)10-12(13(19)9-11)15(20)21-14/h11-12,14H,7-10H2,1-6H3/t11-,12+,14+,17?/m0/s1. The fourth-order valence-electron chi connectivity index (χ4n) is 3.06. The lowest BCUT2D eigenvalue weighted by molar-refractivity contribution is -0.164. The molecule has 3 fully saturated rings. The Morgan fingerprint density at radius 2 is 1.87 bits per heavy atom. The van der Waals surface area contributed by atoms with Crippen molar-refractivity contribution in [3.8, 4) is 0 Å². The first-order valence-corrected chi connectivity index (χ1v) is 12.4. The number of halogens is 1. The summed E-state index contributed by atoms with van der Waals surface area (Å²) in [6.45, 7) is 13.1. The lowest BCUT2D eigenvalue weighted by Crippen LogP contribution is -2.48. The summed E-state index contributed by atoms with van der Waals surface area (Å²) in [5.74, 6) is -0.958. The van der Waals surface area contributed by atoms with Gasteiger partial charge in [-0.2, -0.15) is 0 Å². The molecule has 0 aromatic rings. The van der Waals surface area contributed by atoms with E-state index >= 15 is 0 Å². The molecule has 0 N–H and O–H groups in total. The fourth-order valence-corrected chi connectivity index (χ4v) is 5.33. The summed E-state index contributed by atoms with van der Waals surface area (Å²) in [5, 5.41) is 0.109. The van der Waals surface area contributed by atoms with Gasteiger partial charge in [0.1, 0.15) is 17.8 Å². The summed E-state index contributed by atoms with van der Waals surface area (Å²) >= 11 is 2.35. The molecule has 2 heterocycles. The molecule has 0 aromatic carbocycles. The number of hydrogen-bond acceptors (Lipinski definition) is 4. The Hall–Kier alpha value is 0.0469. The van der Waals surface area contributed by atoms with Crippen LogP contribution in [0.2, 0.25) is 18.1 Å². The van der Waals surface area contributed by atoms with Gasteiger partial charge < -0.3 is 9.16 Å². The third-order valence-electron chi connectivity index (χ3n) is 5.65. The van der Waals surface area contributed by atoms with Gasteiger partial charge in [0.25, 0.3) is 0 Å². The van der Waals surface area contributed by atoms with E-state index in [-0.39, 0.29) is 32.4 Å². The van der Waals surface area contributed by atoms with Gasteiger partial charge in [0, 0.05) is 6.42 Å². The molecule has 4 nitrogen and oxygen atoms in total. The van der Waals surface area contributed by atoms with Crippen LogP contribution in [0.4, 0.5) is 0 Å². The molecule has 3 rings (SSSR count). The monoisotopic (exact) mass is 452 g/mol. The van der Waals surface area contributed by atoms with Crippen molar-refractivity contribution in [2.24, 2.45) is 5.92 Å². The van der Waals surface area contributed by atoms with Gasteiger partial charge in [0.05, 0.1) is 9.53 Å². The first-order chi connectivity index (χ1) is 10.3. The minimum Gasteiger partial charge on any atom is -0.460 e. The van der Waals surface area contributed by atoms with Crippen molar-refractivity contribution < 1.29 is 18.8 Å². The molecule has 0 aromatic heterocycles. The lowest BCUT2D eigenvalue weighted by atomic mass is 9.85. The maximum atomic E-state index is 12.7. The second-order valence-electron chi connectivity index (χ2n) is 8.71. The maximum Gasteiger partial charge on any atom is 0.316 e. The largest absolute Gasteiger partial charge is 0.460 e. The third-order valence-corrected chi connectivity index (χ3v) is 11.3. The molecular formula is C17H29IO4Si. The Kier molecular flexibility index (Phi) is 5.40. The molecule has 4 atom stereocenters. The van der Waals surface area contributed by atoms with Crippen molar-refractivity contribution in [1.29, 1.82) is 0 Å². The Bertz CT molecular complexity index is 495. The number of carbonyl (C=O) groups excluding carboxylic acids is 2. The first kappa shape index (κ1) is 19.4. The summed E-state index contributed by atoms with van der Waals surface area (Å²) in [4.78, 5) is 24.8. The number of Topliss-reactive ketones (excluding diaryl/α,β-unsaturated/α-hetero) is 1. The molecule has 132 valence electrons. The van der Waals surface area contributed by atoms with Crippen molar-refractivity contribution in [2.75, 3.05) is 0 Å². The maximum absolute atomic E-state index is 12.7. The predicted octanol–water partition coefficient (Wildman–Crippen LogP) is 4.26. The van der Waals surface area contributed by atoms with E-state index in [2.05, 4.69) is 63.4 Å². The van der Waals surface area contributed by atoms with Gasteiger partial charge in [-0.3, -0.25) is 9.59 Å². The Morgan fingerprint density at radius 3 is 2.43 bits per heavy atom. The molecule has 1 unspecified atom stereocenters. The molecule has 2 bridgehead atoms. The summed E-state index contributed by atoms with van der Waals surface area (Å²) in [6, 6.07) is 0. The second-order valence-corrected chi connectivity index (χ2v) is 15.9. The van der Waals surface area contributed by atoms with Gasteiger partial charge in [-0.15, -0.1) is 0 Å². The minimum atomic E-state index is -1.93. The van der Waals surface area contributed by atoms with E-state index in [1.54, 1.807) is 0 Å². The highest BCUT2D eigenvalue weighted by atomic mass is 127. The summed E-state index contributed by atoms with van der Waals surface area (Å²) in [6.07, 6.45) is 2.26. The number of esters is 1. The highest BCUT2D eigenvalue weighted by molar-refractivity contribution is 14.1. The summed E-state index contributed by atoms with van der Waals surface area (Å²) in [5.41, 5.74) is 0. The van der Waals surface area contributed by atoms with Gasteiger partial charge in [-0.25, -0.2) is 0 Å². The number of ketones is 1. The van der Waals surface area contributed by atoms with E-state index in [1.165, 1.54) is 0 Å². The highest BCUT2D eigenvalue weighted by Crippen LogP contribution is 2.43. The van der Waals surface area contributed by atoms with Crippen LogP contribution in [0, 0.1) is 5.92 Å². The fraction of sp³-hybridized carbons (Fsp3) is 0.882. The third kappa shape index (κ3) is 4.18. The summed E-state index contributed by atoms with van der Waals surface area (Å²) in [7, 11) is -1.93. The van der Waals surface area contributed by atoms with Gasteiger partial charge >= 0.3 is 5.97 Å². The van der Waals surface area contributed by atoms with E-state index in [1.807, 2.05) is 0 Å². The van der Waals surface area contributed by atoms with Crippen LogP contribution in [-0.2, 0) is 18.8 Å². The van der Waals surface area contributed by atoms with Crippen LogP contribution >= 0.6 is 22.6 Å².